The van der Waals surface area contributed by atoms with Gasteiger partial charge in [0.1, 0.15) is 11.6 Å². The van der Waals surface area contributed by atoms with Crippen LogP contribution < -0.4 is 4.74 Å². The van der Waals surface area contributed by atoms with Crippen molar-refractivity contribution in [2.75, 3.05) is 33.4 Å². The molecule has 0 spiro atoms. The van der Waals surface area contributed by atoms with Gasteiger partial charge in [-0.1, -0.05) is 29.8 Å². The molecule has 2 aromatic carbocycles. The third-order valence-electron chi connectivity index (χ3n) is 6.17. The number of nitrogens with zero attached hydrogens (tertiary/aromatic N) is 4. The van der Waals surface area contributed by atoms with Gasteiger partial charge in [-0.3, -0.25) is 9.80 Å². The average molecular weight is 451 g/mol. The lowest BCUT2D eigenvalue weighted by molar-refractivity contribution is 0.0492. The average Bonchev–Trinajstić information content (AvgIpc) is 2.82. The highest BCUT2D eigenvalue weighted by Gasteiger charge is 2.27. The molecule has 1 aliphatic rings. The molecule has 1 saturated heterocycles. The van der Waals surface area contributed by atoms with Gasteiger partial charge in [-0.25, -0.2) is 14.4 Å². The molecule has 0 aliphatic carbocycles. The molecule has 174 valence electrons. The van der Waals surface area contributed by atoms with Crippen LogP contribution in [0, 0.1) is 12.7 Å². The zero-order valence-corrected chi connectivity index (χ0v) is 19.2. The van der Waals surface area contributed by atoms with Crippen LogP contribution in [0.3, 0.4) is 0 Å². The summed E-state index contributed by atoms with van der Waals surface area (Å²) in [6.07, 6.45) is 4.44. The first-order chi connectivity index (χ1) is 16.1. The standard InChI is InChI=1S/C26H31FN4O2/c1-19-4-3-5-21(12-19)26-28-14-20(15-29-26)16-30-9-10-31(23(18-30)8-11-32)17-22-6-7-24(33-2)13-25(22)27/h3-7,12-15,23,32H,8-11,16-18H2,1-2H3. The molecular formula is C26H31FN4O2. The number of piperazine rings is 1. The number of benzene rings is 2. The first-order valence-corrected chi connectivity index (χ1v) is 11.3. The number of aryl methyl sites for hydroxylation is 1. The Morgan fingerprint density at radius 3 is 2.61 bits per heavy atom. The fraction of sp³-hybridized carbons (Fsp3) is 0.385. The molecular weight excluding hydrogens is 419 g/mol. The Labute approximate surface area is 194 Å². The molecule has 0 amide bonds. The number of halogens is 1. The molecule has 3 aromatic rings. The van der Waals surface area contributed by atoms with E-state index in [0.29, 0.717) is 24.3 Å². The first kappa shape index (κ1) is 23.3. The van der Waals surface area contributed by atoms with Crippen molar-refractivity contribution in [2.24, 2.45) is 0 Å². The van der Waals surface area contributed by atoms with E-state index in [1.54, 1.807) is 12.1 Å². The van der Waals surface area contributed by atoms with E-state index in [2.05, 4.69) is 38.8 Å². The number of hydrogen-bond donors (Lipinski definition) is 1. The Morgan fingerprint density at radius 1 is 1.09 bits per heavy atom. The molecule has 0 saturated carbocycles. The Balaban J connectivity index is 1.39. The van der Waals surface area contributed by atoms with E-state index in [-0.39, 0.29) is 18.5 Å². The van der Waals surface area contributed by atoms with Crippen LogP contribution in [-0.4, -0.2) is 64.3 Å². The van der Waals surface area contributed by atoms with E-state index in [1.807, 2.05) is 24.5 Å². The molecule has 0 bridgehead atoms. The third kappa shape index (κ3) is 5.93. The summed E-state index contributed by atoms with van der Waals surface area (Å²) in [7, 11) is 1.53. The van der Waals surface area contributed by atoms with E-state index in [4.69, 9.17) is 4.74 Å². The quantitative estimate of drug-likeness (QED) is 0.565. The number of methoxy groups -OCH3 is 1. The van der Waals surface area contributed by atoms with Crippen molar-refractivity contribution in [1.29, 1.82) is 0 Å². The van der Waals surface area contributed by atoms with Crippen molar-refractivity contribution in [3.05, 3.63) is 77.4 Å². The molecule has 33 heavy (non-hydrogen) atoms. The fourth-order valence-corrected chi connectivity index (χ4v) is 4.36. The molecule has 1 aliphatic heterocycles. The maximum atomic E-state index is 14.5. The normalized spacial score (nSPS) is 17.3. The van der Waals surface area contributed by atoms with Gasteiger partial charge in [0.2, 0.25) is 0 Å². The van der Waals surface area contributed by atoms with Crippen LogP contribution in [0.5, 0.6) is 5.75 Å². The second kappa shape index (κ2) is 10.8. The van der Waals surface area contributed by atoms with Gasteiger partial charge in [0.25, 0.3) is 0 Å². The van der Waals surface area contributed by atoms with Crippen LogP contribution in [-0.2, 0) is 13.1 Å². The predicted molar refractivity (Wildman–Crippen MR) is 126 cm³/mol. The number of rotatable bonds is 8. The summed E-state index contributed by atoms with van der Waals surface area (Å²) in [4.78, 5) is 13.7. The summed E-state index contributed by atoms with van der Waals surface area (Å²) in [5.41, 5.74) is 3.91. The van der Waals surface area contributed by atoms with E-state index in [1.165, 1.54) is 18.7 Å². The lowest BCUT2D eigenvalue weighted by Crippen LogP contribution is -2.52. The Bertz CT molecular complexity index is 1060. The van der Waals surface area contributed by atoms with E-state index >= 15 is 0 Å². The lowest BCUT2D eigenvalue weighted by atomic mass is 10.1. The summed E-state index contributed by atoms with van der Waals surface area (Å²) in [6.45, 7) is 5.90. The minimum Gasteiger partial charge on any atom is -0.497 e. The fourth-order valence-electron chi connectivity index (χ4n) is 4.36. The molecule has 1 aromatic heterocycles. The monoisotopic (exact) mass is 450 g/mol. The molecule has 0 radical (unpaired) electrons. The van der Waals surface area contributed by atoms with Crippen molar-refractivity contribution in [1.82, 2.24) is 19.8 Å². The van der Waals surface area contributed by atoms with Gasteiger partial charge in [-0.05, 0) is 25.5 Å². The summed E-state index contributed by atoms with van der Waals surface area (Å²) in [5.74, 6) is 0.987. The van der Waals surface area contributed by atoms with Crippen LogP contribution >= 0.6 is 0 Å². The molecule has 1 fully saturated rings. The van der Waals surface area contributed by atoms with Crippen LogP contribution in [0.4, 0.5) is 4.39 Å². The number of aromatic nitrogens is 2. The molecule has 2 heterocycles. The largest absolute Gasteiger partial charge is 0.497 e. The maximum Gasteiger partial charge on any atom is 0.159 e. The third-order valence-corrected chi connectivity index (χ3v) is 6.17. The number of hydrogen-bond acceptors (Lipinski definition) is 6. The summed E-state index contributed by atoms with van der Waals surface area (Å²) in [5, 5.41) is 9.60. The van der Waals surface area contributed by atoms with E-state index in [0.717, 1.165) is 43.1 Å². The second-order valence-corrected chi connectivity index (χ2v) is 8.61. The SMILES string of the molecule is COc1ccc(CN2CCN(Cc3cnc(-c4cccc(C)c4)nc3)CC2CCO)c(F)c1. The predicted octanol–water partition coefficient (Wildman–Crippen LogP) is 3.67. The van der Waals surface area contributed by atoms with Gasteiger partial charge in [-0.2, -0.15) is 0 Å². The van der Waals surface area contributed by atoms with Gasteiger partial charge in [0, 0.05) is 80.5 Å². The van der Waals surface area contributed by atoms with Crippen molar-refractivity contribution < 1.29 is 14.2 Å². The Hall–Kier alpha value is -2.87. The van der Waals surface area contributed by atoms with Crippen molar-refractivity contribution in [3.8, 4) is 17.1 Å². The van der Waals surface area contributed by atoms with Crippen LogP contribution in [0.25, 0.3) is 11.4 Å². The lowest BCUT2D eigenvalue weighted by Gasteiger charge is -2.41. The molecule has 4 rings (SSSR count). The highest BCUT2D eigenvalue weighted by atomic mass is 19.1. The minimum atomic E-state index is -0.259. The summed E-state index contributed by atoms with van der Waals surface area (Å²) in [6, 6.07) is 13.3. The Morgan fingerprint density at radius 2 is 1.91 bits per heavy atom. The zero-order chi connectivity index (χ0) is 23.2. The second-order valence-electron chi connectivity index (χ2n) is 8.61. The van der Waals surface area contributed by atoms with Gasteiger partial charge < -0.3 is 9.84 Å². The van der Waals surface area contributed by atoms with Crippen LogP contribution in [0.1, 0.15) is 23.1 Å². The van der Waals surface area contributed by atoms with Gasteiger partial charge >= 0.3 is 0 Å². The first-order valence-electron chi connectivity index (χ1n) is 11.3. The van der Waals surface area contributed by atoms with Gasteiger partial charge in [0.05, 0.1) is 7.11 Å². The highest BCUT2D eigenvalue weighted by molar-refractivity contribution is 5.55. The van der Waals surface area contributed by atoms with Gasteiger partial charge in [0.15, 0.2) is 5.82 Å². The van der Waals surface area contributed by atoms with Crippen LogP contribution in [0.2, 0.25) is 0 Å². The summed E-state index contributed by atoms with van der Waals surface area (Å²) >= 11 is 0. The highest BCUT2D eigenvalue weighted by Crippen LogP contribution is 2.22. The molecule has 1 N–H and O–H groups in total. The topological polar surface area (TPSA) is 61.7 Å². The molecule has 7 heteroatoms. The molecule has 1 atom stereocenters. The maximum absolute atomic E-state index is 14.5. The van der Waals surface area contributed by atoms with Crippen LogP contribution in [0.15, 0.2) is 54.9 Å². The molecule has 1 unspecified atom stereocenters. The summed E-state index contributed by atoms with van der Waals surface area (Å²) < 4.78 is 19.6. The number of ether oxygens (including phenoxy) is 1. The number of aliphatic hydroxyl groups excluding tert-OH is 1. The minimum absolute atomic E-state index is 0.106. The molecule has 6 nitrogen and oxygen atoms in total. The van der Waals surface area contributed by atoms with E-state index in [9.17, 15) is 9.50 Å². The smallest absolute Gasteiger partial charge is 0.159 e. The van der Waals surface area contributed by atoms with Gasteiger partial charge in [-0.15, -0.1) is 0 Å². The van der Waals surface area contributed by atoms with Crippen molar-refractivity contribution >= 4 is 0 Å². The van der Waals surface area contributed by atoms with Crippen molar-refractivity contribution in [2.45, 2.75) is 32.5 Å². The van der Waals surface area contributed by atoms with E-state index < -0.39 is 0 Å². The zero-order valence-electron chi connectivity index (χ0n) is 19.2. The number of aliphatic hydroxyl groups is 1. The van der Waals surface area contributed by atoms with Crippen molar-refractivity contribution in [3.63, 3.8) is 0 Å². The Kier molecular flexibility index (Phi) is 7.65.